The molecule has 0 aliphatic heterocycles. The van der Waals surface area contributed by atoms with Gasteiger partial charge in [-0.05, 0) is 17.7 Å². The van der Waals surface area contributed by atoms with Gasteiger partial charge in [-0.1, -0.05) is 23.5 Å². The standard InChI is InChI=1S/C9H8N2OS/c10-9-11-5-8(13-9)6-2-1-3-7(12)4-6/h1-5,12H,(H2,10,11). The van der Waals surface area contributed by atoms with Crippen LogP contribution in [0.1, 0.15) is 0 Å². The Kier molecular flexibility index (Phi) is 1.90. The maximum absolute atomic E-state index is 9.23. The van der Waals surface area contributed by atoms with Gasteiger partial charge in [-0.15, -0.1) is 0 Å². The molecule has 2 rings (SSSR count). The van der Waals surface area contributed by atoms with E-state index in [-0.39, 0.29) is 5.75 Å². The fraction of sp³-hybridized carbons (Fsp3) is 0. The maximum atomic E-state index is 9.23. The highest BCUT2D eigenvalue weighted by atomic mass is 32.1. The van der Waals surface area contributed by atoms with Crippen molar-refractivity contribution in [2.45, 2.75) is 0 Å². The summed E-state index contributed by atoms with van der Waals surface area (Å²) >= 11 is 1.41. The number of anilines is 1. The van der Waals surface area contributed by atoms with Crippen LogP contribution in [0.5, 0.6) is 5.75 Å². The van der Waals surface area contributed by atoms with Crippen molar-refractivity contribution in [3.63, 3.8) is 0 Å². The van der Waals surface area contributed by atoms with E-state index >= 15 is 0 Å². The van der Waals surface area contributed by atoms with Gasteiger partial charge in [-0.3, -0.25) is 0 Å². The number of phenols is 1. The summed E-state index contributed by atoms with van der Waals surface area (Å²) in [4.78, 5) is 4.90. The van der Waals surface area contributed by atoms with Crippen LogP contribution in [0, 0.1) is 0 Å². The summed E-state index contributed by atoms with van der Waals surface area (Å²) in [5.74, 6) is 0.254. The largest absolute Gasteiger partial charge is 0.508 e. The van der Waals surface area contributed by atoms with Crippen LogP contribution < -0.4 is 5.73 Å². The van der Waals surface area contributed by atoms with Gasteiger partial charge in [0.15, 0.2) is 5.13 Å². The van der Waals surface area contributed by atoms with Crippen molar-refractivity contribution in [1.82, 2.24) is 4.98 Å². The molecule has 0 radical (unpaired) electrons. The fourth-order valence-electron chi connectivity index (χ4n) is 1.08. The molecule has 0 aliphatic rings. The molecular formula is C9H8N2OS. The second-order valence-electron chi connectivity index (χ2n) is 2.61. The molecule has 4 heteroatoms. The normalized spacial score (nSPS) is 10.2. The highest BCUT2D eigenvalue weighted by Crippen LogP contribution is 2.28. The van der Waals surface area contributed by atoms with Crippen LogP contribution in [0.15, 0.2) is 30.5 Å². The molecule has 0 fully saturated rings. The highest BCUT2D eigenvalue weighted by Gasteiger charge is 2.01. The Morgan fingerprint density at radius 1 is 1.38 bits per heavy atom. The molecule has 0 amide bonds. The first-order chi connectivity index (χ1) is 6.25. The Balaban J connectivity index is 2.46. The molecule has 1 aromatic heterocycles. The van der Waals surface area contributed by atoms with Gasteiger partial charge in [0.2, 0.25) is 0 Å². The predicted octanol–water partition coefficient (Wildman–Crippen LogP) is 2.10. The molecule has 1 aromatic carbocycles. The first kappa shape index (κ1) is 8.07. The van der Waals surface area contributed by atoms with E-state index in [2.05, 4.69) is 4.98 Å². The van der Waals surface area contributed by atoms with Crippen LogP contribution in [-0.2, 0) is 0 Å². The molecule has 0 bridgehead atoms. The molecule has 13 heavy (non-hydrogen) atoms. The molecule has 1 heterocycles. The number of hydrogen-bond donors (Lipinski definition) is 2. The van der Waals surface area contributed by atoms with E-state index in [1.54, 1.807) is 24.4 Å². The van der Waals surface area contributed by atoms with Crippen molar-refractivity contribution < 1.29 is 5.11 Å². The average Bonchev–Trinajstić information content (AvgIpc) is 2.52. The lowest BCUT2D eigenvalue weighted by molar-refractivity contribution is 0.475. The second kappa shape index (κ2) is 3.06. The highest BCUT2D eigenvalue weighted by molar-refractivity contribution is 7.18. The molecule has 0 atom stereocenters. The van der Waals surface area contributed by atoms with E-state index in [0.717, 1.165) is 10.4 Å². The molecule has 0 saturated heterocycles. The molecule has 0 unspecified atom stereocenters. The molecule has 0 spiro atoms. The third kappa shape index (κ3) is 1.62. The van der Waals surface area contributed by atoms with E-state index in [9.17, 15) is 5.11 Å². The first-order valence-electron chi connectivity index (χ1n) is 3.76. The summed E-state index contributed by atoms with van der Waals surface area (Å²) < 4.78 is 0. The lowest BCUT2D eigenvalue weighted by Crippen LogP contribution is -1.77. The Morgan fingerprint density at radius 2 is 2.23 bits per heavy atom. The summed E-state index contributed by atoms with van der Waals surface area (Å²) in [6, 6.07) is 7.02. The van der Waals surface area contributed by atoms with Crippen LogP contribution in [0.4, 0.5) is 5.13 Å². The monoisotopic (exact) mass is 192 g/mol. The Bertz CT molecular complexity index is 425. The number of aromatic nitrogens is 1. The number of benzene rings is 1. The molecule has 2 aromatic rings. The topological polar surface area (TPSA) is 59.1 Å². The minimum atomic E-state index is 0.254. The summed E-state index contributed by atoms with van der Waals surface area (Å²) in [6.45, 7) is 0. The second-order valence-corrected chi connectivity index (χ2v) is 3.68. The summed E-state index contributed by atoms with van der Waals surface area (Å²) in [7, 11) is 0. The summed E-state index contributed by atoms with van der Waals surface area (Å²) in [6.07, 6.45) is 1.70. The van der Waals surface area contributed by atoms with Gasteiger partial charge in [-0.25, -0.2) is 4.98 Å². The van der Waals surface area contributed by atoms with E-state index in [4.69, 9.17) is 5.73 Å². The van der Waals surface area contributed by atoms with Crippen molar-refractivity contribution in [2.24, 2.45) is 0 Å². The van der Waals surface area contributed by atoms with E-state index in [1.807, 2.05) is 6.07 Å². The van der Waals surface area contributed by atoms with Crippen molar-refractivity contribution >= 4 is 16.5 Å². The molecule has 0 aliphatic carbocycles. The quantitative estimate of drug-likeness (QED) is 0.727. The zero-order valence-electron chi connectivity index (χ0n) is 6.77. The van der Waals surface area contributed by atoms with E-state index < -0.39 is 0 Å². The van der Waals surface area contributed by atoms with Crippen molar-refractivity contribution in [2.75, 3.05) is 5.73 Å². The Morgan fingerprint density at radius 3 is 2.85 bits per heavy atom. The SMILES string of the molecule is Nc1ncc(-c2cccc(O)c2)s1. The molecule has 3 N–H and O–H groups in total. The zero-order chi connectivity index (χ0) is 9.26. The smallest absolute Gasteiger partial charge is 0.180 e. The minimum absolute atomic E-state index is 0.254. The number of phenolic OH excluding ortho intramolecular Hbond substituents is 1. The number of nitrogens with two attached hydrogens (primary N) is 1. The Labute approximate surface area is 79.5 Å². The zero-order valence-corrected chi connectivity index (χ0v) is 7.58. The van der Waals surface area contributed by atoms with Gasteiger partial charge >= 0.3 is 0 Å². The number of nitrogens with zero attached hydrogens (tertiary/aromatic N) is 1. The van der Waals surface area contributed by atoms with Crippen LogP contribution in [0.25, 0.3) is 10.4 Å². The lowest BCUT2D eigenvalue weighted by Gasteiger charge is -1.96. The summed E-state index contributed by atoms with van der Waals surface area (Å²) in [5.41, 5.74) is 6.44. The van der Waals surface area contributed by atoms with Crippen molar-refractivity contribution in [1.29, 1.82) is 0 Å². The number of hydrogen-bond acceptors (Lipinski definition) is 4. The number of rotatable bonds is 1. The number of nitrogen functional groups attached to an aromatic ring is 1. The van der Waals surface area contributed by atoms with Gasteiger partial charge in [0.25, 0.3) is 0 Å². The number of aromatic hydroxyl groups is 1. The fourth-order valence-corrected chi connectivity index (χ4v) is 1.76. The lowest BCUT2D eigenvalue weighted by atomic mass is 10.2. The molecule has 66 valence electrons. The van der Waals surface area contributed by atoms with Crippen LogP contribution in [-0.4, -0.2) is 10.1 Å². The van der Waals surface area contributed by atoms with Crippen molar-refractivity contribution in [3.05, 3.63) is 30.5 Å². The van der Waals surface area contributed by atoms with Gasteiger partial charge in [-0.2, -0.15) is 0 Å². The Hall–Kier alpha value is -1.55. The van der Waals surface area contributed by atoms with Gasteiger partial charge in [0.1, 0.15) is 5.75 Å². The van der Waals surface area contributed by atoms with Gasteiger partial charge in [0.05, 0.1) is 4.88 Å². The number of thiazole rings is 1. The maximum Gasteiger partial charge on any atom is 0.180 e. The first-order valence-corrected chi connectivity index (χ1v) is 4.58. The minimum Gasteiger partial charge on any atom is -0.508 e. The van der Waals surface area contributed by atoms with Crippen LogP contribution in [0.3, 0.4) is 0 Å². The predicted molar refractivity (Wildman–Crippen MR) is 53.6 cm³/mol. The van der Waals surface area contributed by atoms with Crippen LogP contribution in [0.2, 0.25) is 0 Å². The van der Waals surface area contributed by atoms with Crippen LogP contribution >= 0.6 is 11.3 Å². The molecular weight excluding hydrogens is 184 g/mol. The van der Waals surface area contributed by atoms with Gasteiger partial charge in [0, 0.05) is 6.20 Å². The van der Waals surface area contributed by atoms with E-state index in [1.165, 1.54) is 11.3 Å². The third-order valence-corrected chi connectivity index (χ3v) is 2.53. The molecule has 3 nitrogen and oxygen atoms in total. The van der Waals surface area contributed by atoms with Crippen molar-refractivity contribution in [3.8, 4) is 16.2 Å². The third-order valence-electron chi connectivity index (χ3n) is 1.65. The average molecular weight is 192 g/mol. The van der Waals surface area contributed by atoms with Gasteiger partial charge < -0.3 is 10.8 Å². The summed E-state index contributed by atoms with van der Waals surface area (Å²) in [5, 5.41) is 9.77. The molecule has 0 saturated carbocycles. The van der Waals surface area contributed by atoms with E-state index in [0.29, 0.717) is 5.13 Å².